The molecule has 0 radical (unpaired) electrons. The van der Waals surface area contributed by atoms with E-state index in [4.69, 9.17) is 24.2 Å². The minimum absolute atomic E-state index is 0.135. The predicted octanol–water partition coefficient (Wildman–Crippen LogP) is 6.02. The van der Waals surface area contributed by atoms with Crippen LogP contribution in [-0.2, 0) is 9.84 Å². The van der Waals surface area contributed by atoms with Crippen molar-refractivity contribution in [2.45, 2.75) is 44.2 Å². The normalized spacial score (nSPS) is 16.0. The average molecular weight is 683 g/mol. The van der Waals surface area contributed by atoms with E-state index in [0.29, 0.717) is 67.3 Å². The summed E-state index contributed by atoms with van der Waals surface area (Å²) in [5, 5.41) is 7.49. The zero-order chi connectivity index (χ0) is 33.0. The van der Waals surface area contributed by atoms with Gasteiger partial charge in [-0.25, -0.2) is 27.8 Å². The van der Waals surface area contributed by atoms with E-state index < -0.39 is 15.7 Å². The first-order valence-corrected chi connectivity index (χ1v) is 18.5. The fraction of sp³-hybridized carbons (Fsp3) is 0.424. The van der Waals surface area contributed by atoms with Crippen molar-refractivity contribution < 1.29 is 27.0 Å². The molecular weight excluding hydrogens is 644 g/mol. The van der Waals surface area contributed by atoms with Gasteiger partial charge < -0.3 is 29.7 Å². The summed E-state index contributed by atoms with van der Waals surface area (Å²) >= 11 is 1.52. The molecule has 0 amide bonds. The van der Waals surface area contributed by atoms with E-state index in [1.54, 1.807) is 32.5 Å². The van der Waals surface area contributed by atoms with Crippen LogP contribution in [0.15, 0.2) is 48.7 Å². The third-order valence-electron chi connectivity index (χ3n) is 8.37. The van der Waals surface area contributed by atoms with Gasteiger partial charge in [-0.15, -0.1) is 0 Å². The molecule has 6 rings (SSSR count). The second kappa shape index (κ2) is 14.4. The Kier molecular flexibility index (Phi) is 10.1. The third-order valence-corrected chi connectivity index (χ3v) is 10.3. The predicted molar refractivity (Wildman–Crippen MR) is 182 cm³/mol. The van der Waals surface area contributed by atoms with Crippen molar-refractivity contribution in [3.63, 3.8) is 0 Å². The van der Waals surface area contributed by atoms with Gasteiger partial charge >= 0.3 is 0 Å². The number of sulfone groups is 1. The van der Waals surface area contributed by atoms with E-state index >= 15 is 4.39 Å². The Morgan fingerprint density at radius 1 is 1.00 bits per heavy atom. The number of piperidine rings is 1. The highest BCUT2D eigenvalue weighted by Gasteiger charge is 2.24. The first-order valence-electron chi connectivity index (χ1n) is 15.6. The molecule has 2 fully saturated rings. The topological polar surface area (TPSA) is 128 Å². The fourth-order valence-electron chi connectivity index (χ4n) is 5.50. The molecule has 1 saturated heterocycles. The zero-order valence-electron chi connectivity index (χ0n) is 26.7. The Morgan fingerprint density at radius 3 is 2.38 bits per heavy atom. The Morgan fingerprint density at radius 2 is 1.74 bits per heavy atom. The van der Waals surface area contributed by atoms with Gasteiger partial charge in [0, 0.05) is 61.5 Å². The molecule has 47 heavy (non-hydrogen) atoms. The quantitative estimate of drug-likeness (QED) is 0.172. The van der Waals surface area contributed by atoms with Gasteiger partial charge in [-0.05, 0) is 62.4 Å². The number of thiazole rings is 1. The summed E-state index contributed by atoms with van der Waals surface area (Å²) in [6.07, 6.45) is 7.61. The van der Waals surface area contributed by atoms with E-state index in [1.165, 1.54) is 30.1 Å². The Hall–Kier alpha value is -4.01. The molecule has 0 atom stereocenters. The summed E-state index contributed by atoms with van der Waals surface area (Å²) in [5.41, 5.74) is 2.73. The largest absolute Gasteiger partial charge is 0.497 e. The van der Waals surface area contributed by atoms with Crippen LogP contribution >= 0.6 is 11.3 Å². The van der Waals surface area contributed by atoms with Crippen LogP contribution in [0.3, 0.4) is 0 Å². The van der Waals surface area contributed by atoms with Gasteiger partial charge in [0.05, 0.1) is 36.2 Å². The smallest absolute Gasteiger partial charge is 0.227 e. The molecular formula is C33H39FN6O5S2. The number of anilines is 3. The standard InChI is InChI=1S/C33H39FN6O5S2/c1-43-25-17-21(18-26(20-25)44-2)30-31(46-33(39-30)37-22-5-4-6-22)28-9-12-35-32(38-28)36-23-7-8-29(27(34)19-23)45-24-10-13-40(14-11-24)15-16-47(3,41)42/h7-9,12,17-20,22,24H,4-6,10-11,13-16H2,1-3H3,(H,37,39)(H,35,36,38). The second-order valence-corrected chi connectivity index (χ2v) is 15.2. The summed E-state index contributed by atoms with van der Waals surface area (Å²) in [6, 6.07) is 12.6. The molecule has 1 saturated carbocycles. The minimum atomic E-state index is -3.01. The number of benzene rings is 2. The van der Waals surface area contributed by atoms with Gasteiger partial charge in [0.1, 0.15) is 27.4 Å². The minimum Gasteiger partial charge on any atom is -0.497 e. The van der Waals surface area contributed by atoms with Crippen LogP contribution in [0.4, 0.5) is 21.2 Å². The molecule has 1 aliphatic heterocycles. The van der Waals surface area contributed by atoms with Gasteiger partial charge in [0.25, 0.3) is 0 Å². The molecule has 0 unspecified atom stereocenters. The Labute approximate surface area is 278 Å². The number of hydrogen-bond acceptors (Lipinski definition) is 12. The molecule has 250 valence electrons. The summed E-state index contributed by atoms with van der Waals surface area (Å²) < 4.78 is 55.1. The van der Waals surface area contributed by atoms with E-state index in [-0.39, 0.29) is 17.6 Å². The van der Waals surface area contributed by atoms with Gasteiger partial charge in [0.15, 0.2) is 16.7 Å². The number of rotatable bonds is 13. The van der Waals surface area contributed by atoms with E-state index in [1.807, 2.05) is 24.3 Å². The summed E-state index contributed by atoms with van der Waals surface area (Å²) in [5.74, 6) is 1.44. The summed E-state index contributed by atoms with van der Waals surface area (Å²) in [6.45, 7) is 1.92. The van der Waals surface area contributed by atoms with Gasteiger partial charge in [-0.1, -0.05) is 11.3 Å². The molecule has 2 N–H and O–H groups in total. The van der Waals surface area contributed by atoms with E-state index in [0.717, 1.165) is 34.1 Å². The average Bonchev–Trinajstić information content (AvgIpc) is 3.47. The maximum atomic E-state index is 15.2. The molecule has 1 aliphatic carbocycles. The van der Waals surface area contributed by atoms with Gasteiger partial charge in [-0.3, -0.25) is 0 Å². The molecule has 11 nitrogen and oxygen atoms in total. The first-order chi connectivity index (χ1) is 22.7. The highest BCUT2D eigenvalue weighted by molar-refractivity contribution is 7.90. The number of halogens is 1. The van der Waals surface area contributed by atoms with Crippen LogP contribution in [0.5, 0.6) is 17.2 Å². The number of ether oxygens (including phenoxy) is 3. The van der Waals surface area contributed by atoms with Gasteiger partial charge in [-0.2, -0.15) is 0 Å². The van der Waals surface area contributed by atoms with Crippen molar-refractivity contribution in [3.05, 3.63) is 54.5 Å². The van der Waals surface area contributed by atoms with E-state index in [9.17, 15) is 8.42 Å². The Balaban J connectivity index is 1.17. The van der Waals surface area contributed by atoms with Crippen molar-refractivity contribution in [2.75, 3.05) is 56.5 Å². The Bertz CT molecular complexity index is 1790. The summed E-state index contributed by atoms with van der Waals surface area (Å²) in [4.78, 5) is 17.1. The van der Waals surface area contributed by atoms with Gasteiger partial charge in [0.2, 0.25) is 5.95 Å². The first kappa shape index (κ1) is 32.9. The van der Waals surface area contributed by atoms with E-state index in [2.05, 4.69) is 20.5 Å². The second-order valence-electron chi connectivity index (χ2n) is 11.9. The van der Waals surface area contributed by atoms with Crippen LogP contribution in [0.2, 0.25) is 0 Å². The number of aromatic nitrogens is 3. The lowest BCUT2D eigenvalue weighted by atomic mass is 9.93. The van der Waals surface area contributed by atoms with Crippen LogP contribution < -0.4 is 24.8 Å². The number of hydrogen-bond donors (Lipinski definition) is 2. The highest BCUT2D eigenvalue weighted by atomic mass is 32.2. The van der Waals surface area contributed by atoms with Crippen molar-refractivity contribution in [2.24, 2.45) is 0 Å². The third kappa shape index (κ3) is 8.48. The molecule has 4 aromatic rings. The molecule has 14 heteroatoms. The SMILES string of the molecule is COc1cc(OC)cc(-c2nc(NC3CCC3)sc2-c2ccnc(Nc3ccc(OC4CCN(CCS(C)(=O)=O)CC4)c(F)c3)n2)c1. The van der Waals surface area contributed by atoms with Crippen LogP contribution in [0.25, 0.3) is 21.8 Å². The maximum absolute atomic E-state index is 15.2. The molecule has 2 aliphatic rings. The van der Waals surface area contributed by atoms with Crippen molar-refractivity contribution >= 4 is 37.9 Å². The zero-order valence-corrected chi connectivity index (χ0v) is 28.3. The lowest BCUT2D eigenvalue weighted by Gasteiger charge is -2.32. The number of nitrogens with one attached hydrogen (secondary N) is 2. The molecule has 0 bridgehead atoms. The lowest BCUT2D eigenvalue weighted by Crippen LogP contribution is -2.40. The number of likely N-dealkylation sites (tertiary alicyclic amines) is 1. The lowest BCUT2D eigenvalue weighted by molar-refractivity contribution is 0.100. The molecule has 2 aromatic heterocycles. The van der Waals surface area contributed by atoms with Crippen LogP contribution in [0, 0.1) is 5.82 Å². The fourth-order valence-corrected chi connectivity index (χ4v) is 7.12. The van der Waals surface area contributed by atoms with Crippen LogP contribution in [-0.4, -0.2) is 86.3 Å². The summed E-state index contributed by atoms with van der Waals surface area (Å²) in [7, 11) is 0.223. The maximum Gasteiger partial charge on any atom is 0.227 e. The van der Waals surface area contributed by atoms with Crippen molar-refractivity contribution in [1.29, 1.82) is 0 Å². The monoisotopic (exact) mass is 682 g/mol. The van der Waals surface area contributed by atoms with Crippen molar-refractivity contribution in [3.8, 4) is 39.1 Å². The van der Waals surface area contributed by atoms with Crippen molar-refractivity contribution in [1.82, 2.24) is 19.9 Å². The molecule has 3 heterocycles. The number of methoxy groups -OCH3 is 2. The molecule has 2 aromatic carbocycles. The highest BCUT2D eigenvalue weighted by Crippen LogP contribution is 2.42. The van der Waals surface area contributed by atoms with Crippen LogP contribution in [0.1, 0.15) is 32.1 Å². The molecule has 0 spiro atoms. The number of nitrogens with zero attached hydrogens (tertiary/aromatic N) is 4.